The van der Waals surface area contributed by atoms with Gasteiger partial charge in [-0.25, -0.2) is 0 Å². The van der Waals surface area contributed by atoms with Gasteiger partial charge in [-0.1, -0.05) is 84.6 Å². The molecule has 1 saturated heterocycles. The van der Waals surface area contributed by atoms with Gasteiger partial charge in [-0.15, -0.1) is 0 Å². The van der Waals surface area contributed by atoms with Crippen molar-refractivity contribution < 1.29 is 14.3 Å². The van der Waals surface area contributed by atoms with Gasteiger partial charge in [-0.2, -0.15) is 0 Å². The number of thiocarbonyl (C=S) groups is 1. The Hall–Kier alpha value is -3.55. The molecule has 2 heterocycles. The molecule has 1 aromatic heterocycles. The highest BCUT2D eigenvalue weighted by Gasteiger charge is 2.32. The molecule has 1 aliphatic heterocycles. The van der Waals surface area contributed by atoms with Gasteiger partial charge in [0.1, 0.15) is 10.9 Å². The van der Waals surface area contributed by atoms with E-state index in [0.717, 1.165) is 22.0 Å². The highest BCUT2D eigenvalue weighted by Crippen LogP contribution is 2.35. The van der Waals surface area contributed by atoms with E-state index in [4.69, 9.17) is 21.7 Å². The summed E-state index contributed by atoms with van der Waals surface area (Å²) in [6.07, 6.45) is 4.02. The number of rotatable bonds is 8. The first-order valence-corrected chi connectivity index (χ1v) is 12.5. The maximum atomic E-state index is 13.2. The van der Waals surface area contributed by atoms with Crippen molar-refractivity contribution in [2.75, 3.05) is 13.7 Å². The van der Waals surface area contributed by atoms with Crippen LogP contribution in [0.5, 0.6) is 11.5 Å². The Morgan fingerprint density at radius 2 is 1.66 bits per heavy atom. The number of benzene rings is 3. The van der Waals surface area contributed by atoms with Crippen LogP contribution in [0.3, 0.4) is 0 Å². The zero-order valence-electron chi connectivity index (χ0n) is 19.2. The fourth-order valence-electron chi connectivity index (χ4n) is 4.11. The standard InChI is InChI=1S/C28H24N2O3S2/c1-32-24-13-7-8-14-25(24)33-16-15-29-19-21(22-11-5-6-12-23(22)29)17-26-27(31)30(28(34)35-26)18-20-9-3-2-4-10-20/h2-14,17,19H,15-16,18H2,1H3/b26-17+. The van der Waals surface area contributed by atoms with Gasteiger partial charge in [-0.05, 0) is 29.8 Å². The molecule has 0 spiro atoms. The summed E-state index contributed by atoms with van der Waals surface area (Å²) < 4.78 is 14.1. The van der Waals surface area contributed by atoms with Gasteiger partial charge in [0.15, 0.2) is 11.5 Å². The van der Waals surface area contributed by atoms with E-state index in [2.05, 4.69) is 22.9 Å². The van der Waals surface area contributed by atoms with Crippen molar-refractivity contribution >= 4 is 51.2 Å². The predicted molar refractivity (Wildman–Crippen MR) is 146 cm³/mol. The molecule has 35 heavy (non-hydrogen) atoms. The third-order valence-corrected chi connectivity index (χ3v) is 7.20. The molecule has 176 valence electrons. The average molecular weight is 501 g/mol. The van der Waals surface area contributed by atoms with Crippen LogP contribution in [0.15, 0.2) is 90.0 Å². The minimum atomic E-state index is -0.0554. The lowest BCUT2D eigenvalue weighted by molar-refractivity contribution is -0.122. The van der Waals surface area contributed by atoms with Crippen molar-refractivity contribution in [2.45, 2.75) is 13.1 Å². The van der Waals surface area contributed by atoms with Crippen LogP contribution >= 0.6 is 24.0 Å². The molecule has 3 aromatic carbocycles. The quantitative estimate of drug-likeness (QED) is 0.215. The molecule has 1 amide bonds. The predicted octanol–water partition coefficient (Wildman–Crippen LogP) is 6.13. The molecular weight excluding hydrogens is 476 g/mol. The van der Waals surface area contributed by atoms with Gasteiger partial charge in [-0.3, -0.25) is 9.69 Å². The lowest BCUT2D eigenvalue weighted by atomic mass is 10.1. The average Bonchev–Trinajstić information content (AvgIpc) is 3.37. The van der Waals surface area contributed by atoms with E-state index >= 15 is 0 Å². The van der Waals surface area contributed by atoms with E-state index in [1.54, 1.807) is 12.0 Å². The van der Waals surface area contributed by atoms with E-state index in [9.17, 15) is 4.79 Å². The van der Waals surface area contributed by atoms with Gasteiger partial charge >= 0.3 is 0 Å². The summed E-state index contributed by atoms with van der Waals surface area (Å²) in [7, 11) is 1.64. The van der Waals surface area contributed by atoms with Crippen molar-refractivity contribution in [3.05, 3.63) is 101 Å². The van der Waals surface area contributed by atoms with Gasteiger partial charge < -0.3 is 14.0 Å². The summed E-state index contributed by atoms with van der Waals surface area (Å²) in [5.74, 6) is 1.37. The lowest BCUT2D eigenvalue weighted by Gasteiger charge is -2.14. The van der Waals surface area contributed by atoms with Gasteiger partial charge in [0, 0.05) is 22.7 Å². The largest absolute Gasteiger partial charge is 0.493 e. The highest BCUT2D eigenvalue weighted by molar-refractivity contribution is 8.26. The number of aromatic nitrogens is 1. The zero-order chi connectivity index (χ0) is 24.2. The van der Waals surface area contributed by atoms with Crippen LogP contribution in [-0.4, -0.2) is 33.4 Å². The van der Waals surface area contributed by atoms with Crippen LogP contribution in [0.2, 0.25) is 0 Å². The van der Waals surface area contributed by atoms with Crippen LogP contribution in [0.4, 0.5) is 0 Å². The molecular formula is C28H24N2O3S2. The first-order chi connectivity index (χ1) is 17.1. The fraction of sp³-hybridized carbons (Fsp3) is 0.143. The molecule has 0 radical (unpaired) electrons. The van der Waals surface area contributed by atoms with Crippen molar-refractivity contribution in [1.82, 2.24) is 9.47 Å². The Kier molecular flexibility index (Phi) is 6.88. The number of ether oxygens (including phenoxy) is 2. The molecule has 5 rings (SSSR count). The highest BCUT2D eigenvalue weighted by atomic mass is 32.2. The molecule has 4 aromatic rings. The number of nitrogens with zero attached hydrogens (tertiary/aromatic N) is 2. The Morgan fingerprint density at radius 3 is 2.46 bits per heavy atom. The second-order valence-corrected chi connectivity index (χ2v) is 9.72. The Labute approximate surface area is 214 Å². The molecule has 0 bridgehead atoms. The molecule has 0 unspecified atom stereocenters. The number of amides is 1. The second kappa shape index (κ2) is 10.4. The number of fused-ring (bicyclic) bond motifs is 1. The molecule has 1 aliphatic rings. The third-order valence-electron chi connectivity index (χ3n) is 5.82. The fourth-order valence-corrected chi connectivity index (χ4v) is 5.36. The Bertz CT molecular complexity index is 1410. The topological polar surface area (TPSA) is 43.7 Å². The maximum absolute atomic E-state index is 13.2. The third kappa shape index (κ3) is 4.97. The van der Waals surface area contributed by atoms with Gasteiger partial charge in [0.25, 0.3) is 5.91 Å². The first kappa shape index (κ1) is 23.2. The first-order valence-electron chi connectivity index (χ1n) is 11.3. The molecule has 0 aliphatic carbocycles. The maximum Gasteiger partial charge on any atom is 0.266 e. The van der Waals surface area contributed by atoms with E-state index < -0.39 is 0 Å². The molecule has 1 fully saturated rings. The Morgan fingerprint density at radius 1 is 0.943 bits per heavy atom. The molecule has 0 saturated carbocycles. The van der Waals surface area contributed by atoms with E-state index in [1.807, 2.05) is 72.8 Å². The SMILES string of the molecule is COc1ccccc1OCCn1cc(/C=C2/SC(=S)N(Cc3ccccc3)C2=O)c2ccccc21. The summed E-state index contributed by atoms with van der Waals surface area (Å²) in [6.45, 7) is 1.62. The number of para-hydroxylation sites is 3. The number of hydrogen-bond acceptors (Lipinski definition) is 5. The van der Waals surface area contributed by atoms with Gasteiger partial charge in [0.05, 0.1) is 25.1 Å². The van der Waals surface area contributed by atoms with Gasteiger partial charge in [0.2, 0.25) is 0 Å². The van der Waals surface area contributed by atoms with Crippen LogP contribution in [0.1, 0.15) is 11.1 Å². The molecule has 0 N–H and O–H groups in total. The van der Waals surface area contributed by atoms with Crippen LogP contribution in [0, 0.1) is 0 Å². The summed E-state index contributed by atoms with van der Waals surface area (Å²) >= 11 is 6.88. The van der Waals surface area contributed by atoms with Crippen molar-refractivity contribution in [3.63, 3.8) is 0 Å². The summed E-state index contributed by atoms with van der Waals surface area (Å²) in [5, 5.41) is 1.08. The number of carbonyl (C=O) groups is 1. The number of methoxy groups -OCH3 is 1. The van der Waals surface area contributed by atoms with E-state index in [1.165, 1.54) is 11.8 Å². The van der Waals surface area contributed by atoms with Crippen LogP contribution in [-0.2, 0) is 17.9 Å². The number of thioether (sulfide) groups is 1. The molecule has 7 heteroatoms. The second-order valence-electron chi connectivity index (χ2n) is 8.05. The Balaban J connectivity index is 1.36. The van der Waals surface area contributed by atoms with Crippen molar-refractivity contribution in [2.24, 2.45) is 0 Å². The summed E-state index contributed by atoms with van der Waals surface area (Å²) in [5.41, 5.74) is 3.12. The monoisotopic (exact) mass is 500 g/mol. The normalized spacial score (nSPS) is 14.8. The van der Waals surface area contributed by atoms with Crippen molar-refractivity contribution in [3.8, 4) is 11.5 Å². The van der Waals surface area contributed by atoms with E-state index in [-0.39, 0.29) is 5.91 Å². The zero-order valence-corrected chi connectivity index (χ0v) is 20.9. The lowest BCUT2D eigenvalue weighted by Crippen LogP contribution is -2.27. The smallest absolute Gasteiger partial charge is 0.266 e. The van der Waals surface area contributed by atoms with Crippen molar-refractivity contribution in [1.29, 1.82) is 0 Å². The number of carbonyl (C=O) groups excluding carboxylic acids is 1. The van der Waals surface area contributed by atoms with E-state index in [0.29, 0.717) is 40.4 Å². The number of hydrogen-bond donors (Lipinski definition) is 0. The van der Waals surface area contributed by atoms with Crippen LogP contribution in [0.25, 0.3) is 17.0 Å². The minimum absolute atomic E-state index is 0.0554. The molecule has 5 nitrogen and oxygen atoms in total. The summed E-state index contributed by atoms with van der Waals surface area (Å²) in [6, 6.07) is 25.7. The minimum Gasteiger partial charge on any atom is -0.493 e. The van der Waals surface area contributed by atoms with Crippen LogP contribution < -0.4 is 9.47 Å². The molecule has 0 atom stereocenters. The summed E-state index contributed by atoms with van der Waals surface area (Å²) in [4.78, 5) is 15.5.